The molecule has 94 valence electrons. The first kappa shape index (κ1) is 12.9. The van der Waals surface area contributed by atoms with E-state index in [1.54, 1.807) is 6.20 Å². The number of nitrogens with zero attached hydrogens (tertiary/aromatic N) is 2. The molecule has 0 bridgehead atoms. The van der Waals surface area contributed by atoms with Gasteiger partial charge in [0.25, 0.3) is 0 Å². The third-order valence-electron chi connectivity index (χ3n) is 2.69. The maximum Gasteiger partial charge on any atom is 0.0638 e. The summed E-state index contributed by atoms with van der Waals surface area (Å²) in [7, 11) is 2.07. The van der Waals surface area contributed by atoms with E-state index in [1.165, 1.54) is 5.56 Å². The summed E-state index contributed by atoms with van der Waals surface area (Å²) in [6.45, 7) is 1.69. The van der Waals surface area contributed by atoms with Gasteiger partial charge in [0.2, 0.25) is 0 Å². The number of nitrogen functional groups attached to an aromatic ring is 1. The van der Waals surface area contributed by atoms with Crippen LogP contribution in [0.1, 0.15) is 11.1 Å². The molecule has 0 amide bonds. The summed E-state index contributed by atoms with van der Waals surface area (Å²) in [4.78, 5) is 6.31. The molecule has 1 aromatic carbocycles. The number of nitrogens with two attached hydrogens (primary N) is 1. The number of anilines is 1. The summed E-state index contributed by atoms with van der Waals surface area (Å²) < 4.78 is 0. The Bertz CT molecular complexity index is 514. The molecule has 18 heavy (non-hydrogen) atoms. The minimum absolute atomic E-state index is 0.613. The lowest BCUT2D eigenvalue weighted by atomic mass is 10.2. The van der Waals surface area contributed by atoms with Crippen molar-refractivity contribution in [1.29, 1.82) is 0 Å². The van der Waals surface area contributed by atoms with Gasteiger partial charge in [-0.25, -0.2) is 0 Å². The first-order valence-corrected chi connectivity index (χ1v) is 6.14. The summed E-state index contributed by atoms with van der Waals surface area (Å²) in [6, 6.07) is 9.77. The summed E-state index contributed by atoms with van der Waals surface area (Å²) >= 11 is 6.00. The van der Waals surface area contributed by atoms with Crippen LogP contribution in [-0.4, -0.2) is 16.9 Å². The van der Waals surface area contributed by atoms with E-state index in [9.17, 15) is 0 Å². The highest BCUT2D eigenvalue weighted by molar-refractivity contribution is 6.33. The topological polar surface area (TPSA) is 42.2 Å². The van der Waals surface area contributed by atoms with Gasteiger partial charge in [0, 0.05) is 25.5 Å². The number of hydrogen-bond donors (Lipinski definition) is 1. The summed E-state index contributed by atoms with van der Waals surface area (Å²) in [5.41, 5.74) is 8.66. The van der Waals surface area contributed by atoms with Crippen molar-refractivity contribution in [3.8, 4) is 0 Å². The molecule has 1 aromatic heterocycles. The molecule has 0 atom stereocenters. The molecule has 0 fully saturated rings. The van der Waals surface area contributed by atoms with Crippen molar-refractivity contribution in [3.05, 3.63) is 58.9 Å². The number of hydrogen-bond acceptors (Lipinski definition) is 3. The van der Waals surface area contributed by atoms with Gasteiger partial charge in [0.15, 0.2) is 0 Å². The molecule has 0 spiro atoms. The van der Waals surface area contributed by atoms with Crippen molar-refractivity contribution in [1.82, 2.24) is 9.88 Å². The molecule has 4 heteroatoms. The minimum atomic E-state index is 0.613. The fourth-order valence-corrected chi connectivity index (χ4v) is 2.04. The molecular formula is C14H16ClN3. The zero-order valence-electron chi connectivity index (χ0n) is 10.3. The predicted molar refractivity (Wildman–Crippen MR) is 75.3 cm³/mol. The SMILES string of the molecule is CN(Cc1cccnc1)Cc1ccc(N)c(Cl)c1. The van der Waals surface area contributed by atoms with Crippen LogP contribution in [0.4, 0.5) is 5.69 Å². The van der Waals surface area contributed by atoms with E-state index in [0.717, 1.165) is 18.7 Å². The number of pyridine rings is 1. The van der Waals surface area contributed by atoms with E-state index >= 15 is 0 Å². The average molecular weight is 262 g/mol. The molecule has 0 saturated carbocycles. The summed E-state index contributed by atoms with van der Waals surface area (Å²) in [5, 5.41) is 0.613. The van der Waals surface area contributed by atoms with Crippen LogP contribution in [0.3, 0.4) is 0 Å². The fourth-order valence-electron chi connectivity index (χ4n) is 1.84. The monoisotopic (exact) mass is 261 g/mol. The second-order valence-electron chi connectivity index (χ2n) is 4.39. The Balaban J connectivity index is 1.99. The third kappa shape index (κ3) is 3.45. The Morgan fingerprint density at radius 3 is 2.67 bits per heavy atom. The van der Waals surface area contributed by atoms with Gasteiger partial charge >= 0.3 is 0 Å². The largest absolute Gasteiger partial charge is 0.398 e. The molecule has 0 aliphatic heterocycles. The van der Waals surface area contributed by atoms with Crippen LogP contribution in [0, 0.1) is 0 Å². The zero-order chi connectivity index (χ0) is 13.0. The predicted octanol–water partition coefficient (Wildman–Crippen LogP) is 2.95. The van der Waals surface area contributed by atoms with Crippen LogP contribution in [0.2, 0.25) is 5.02 Å². The Morgan fingerprint density at radius 2 is 2.00 bits per heavy atom. The molecule has 2 aromatic rings. The molecular weight excluding hydrogens is 246 g/mol. The average Bonchev–Trinajstić information content (AvgIpc) is 2.35. The van der Waals surface area contributed by atoms with Crippen molar-refractivity contribution in [3.63, 3.8) is 0 Å². The first-order valence-electron chi connectivity index (χ1n) is 5.76. The van der Waals surface area contributed by atoms with Crippen LogP contribution < -0.4 is 5.73 Å². The van der Waals surface area contributed by atoms with Crippen LogP contribution >= 0.6 is 11.6 Å². The van der Waals surface area contributed by atoms with Gasteiger partial charge in [-0.2, -0.15) is 0 Å². The molecule has 2 rings (SSSR count). The van der Waals surface area contributed by atoms with E-state index in [-0.39, 0.29) is 0 Å². The van der Waals surface area contributed by atoms with Gasteiger partial charge in [0.1, 0.15) is 0 Å². The van der Waals surface area contributed by atoms with Crippen molar-refractivity contribution >= 4 is 17.3 Å². The van der Waals surface area contributed by atoms with Gasteiger partial charge in [-0.1, -0.05) is 23.7 Å². The number of benzene rings is 1. The molecule has 0 saturated heterocycles. The maximum atomic E-state index is 6.00. The third-order valence-corrected chi connectivity index (χ3v) is 3.02. The van der Waals surface area contributed by atoms with Crippen LogP contribution in [-0.2, 0) is 13.1 Å². The smallest absolute Gasteiger partial charge is 0.0638 e. The molecule has 1 heterocycles. The minimum Gasteiger partial charge on any atom is -0.398 e. The van der Waals surface area contributed by atoms with Crippen molar-refractivity contribution in [2.45, 2.75) is 13.1 Å². The lowest BCUT2D eigenvalue weighted by Crippen LogP contribution is -2.17. The van der Waals surface area contributed by atoms with E-state index in [1.807, 2.05) is 30.5 Å². The second kappa shape index (κ2) is 5.85. The lowest BCUT2D eigenvalue weighted by Gasteiger charge is -2.17. The second-order valence-corrected chi connectivity index (χ2v) is 4.80. The van der Waals surface area contributed by atoms with Crippen molar-refractivity contribution in [2.24, 2.45) is 0 Å². The quantitative estimate of drug-likeness (QED) is 0.861. The van der Waals surface area contributed by atoms with Gasteiger partial charge in [-0.3, -0.25) is 9.88 Å². The van der Waals surface area contributed by atoms with Crippen molar-refractivity contribution in [2.75, 3.05) is 12.8 Å². The Hall–Kier alpha value is -1.58. The molecule has 3 nitrogen and oxygen atoms in total. The van der Waals surface area contributed by atoms with E-state index in [4.69, 9.17) is 17.3 Å². The number of halogens is 1. The highest BCUT2D eigenvalue weighted by Crippen LogP contribution is 2.20. The summed E-state index contributed by atoms with van der Waals surface area (Å²) in [6.07, 6.45) is 3.66. The van der Waals surface area contributed by atoms with Crippen LogP contribution in [0.5, 0.6) is 0 Å². The first-order chi connectivity index (χ1) is 8.65. The van der Waals surface area contributed by atoms with Crippen LogP contribution in [0.15, 0.2) is 42.7 Å². The number of aromatic nitrogens is 1. The normalized spacial score (nSPS) is 10.8. The van der Waals surface area contributed by atoms with Crippen LogP contribution in [0.25, 0.3) is 0 Å². The highest BCUT2D eigenvalue weighted by atomic mass is 35.5. The van der Waals surface area contributed by atoms with Gasteiger partial charge in [-0.15, -0.1) is 0 Å². The molecule has 0 radical (unpaired) electrons. The van der Waals surface area contributed by atoms with E-state index < -0.39 is 0 Å². The Labute approximate surface area is 112 Å². The zero-order valence-corrected chi connectivity index (χ0v) is 11.1. The molecule has 2 N–H and O–H groups in total. The Kier molecular flexibility index (Phi) is 4.18. The standard InChI is InChI=1S/C14H16ClN3/c1-18(10-12-3-2-6-17-8-12)9-11-4-5-14(16)13(15)7-11/h2-8H,9-10,16H2,1H3. The van der Waals surface area contributed by atoms with E-state index in [0.29, 0.717) is 10.7 Å². The lowest BCUT2D eigenvalue weighted by molar-refractivity contribution is 0.319. The van der Waals surface area contributed by atoms with Gasteiger partial charge < -0.3 is 5.73 Å². The molecule has 0 aliphatic carbocycles. The van der Waals surface area contributed by atoms with Crippen molar-refractivity contribution < 1.29 is 0 Å². The Morgan fingerprint density at radius 1 is 1.22 bits per heavy atom. The van der Waals surface area contributed by atoms with Gasteiger partial charge in [-0.05, 0) is 36.4 Å². The van der Waals surface area contributed by atoms with E-state index in [2.05, 4.69) is 23.0 Å². The molecule has 0 unspecified atom stereocenters. The fraction of sp³-hybridized carbons (Fsp3) is 0.214. The maximum absolute atomic E-state index is 6.00. The summed E-state index contributed by atoms with van der Waals surface area (Å²) in [5.74, 6) is 0. The van der Waals surface area contributed by atoms with Gasteiger partial charge in [0.05, 0.1) is 10.7 Å². The highest BCUT2D eigenvalue weighted by Gasteiger charge is 2.04. The number of rotatable bonds is 4. The molecule has 0 aliphatic rings.